The highest BCUT2D eigenvalue weighted by Gasteiger charge is 2.38. The normalized spacial score (nSPS) is 23.3. The molecular formula is C18H26N6O. The number of aromatic nitrogens is 4. The molecule has 2 fully saturated rings. The number of hydrogen-bond donors (Lipinski definition) is 0. The molecule has 0 bridgehead atoms. The third-order valence-corrected chi connectivity index (χ3v) is 5.59. The number of piperidine rings is 1. The Labute approximate surface area is 148 Å². The van der Waals surface area contributed by atoms with E-state index >= 15 is 0 Å². The van der Waals surface area contributed by atoms with Crippen LogP contribution in [-0.4, -0.2) is 67.2 Å². The van der Waals surface area contributed by atoms with Crippen LogP contribution in [0, 0.1) is 6.92 Å². The van der Waals surface area contributed by atoms with Crippen LogP contribution in [0.1, 0.15) is 50.5 Å². The minimum absolute atomic E-state index is 0.0684. The van der Waals surface area contributed by atoms with Gasteiger partial charge in [0.15, 0.2) is 11.5 Å². The molecule has 2 saturated heterocycles. The summed E-state index contributed by atoms with van der Waals surface area (Å²) in [6.45, 7) is 8.94. The summed E-state index contributed by atoms with van der Waals surface area (Å²) in [6, 6.07) is 4.29. The molecule has 0 spiro atoms. The van der Waals surface area contributed by atoms with Gasteiger partial charge in [0.25, 0.3) is 0 Å². The monoisotopic (exact) mass is 342 g/mol. The van der Waals surface area contributed by atoms with E-state index < -0.39 is 0 Å². The van der Waals surface area contributed by atoms with Gasteiger partial charge in [-0.05, 0) is 65.3 Å². The second-order valence-corrected chi connectivity index (χ2v) is 7.54. The van der Waals surface area contributed by atoms with Crippen LogP contribution in [0.25, 0.3) is 5.65 Å². The van der Waals surface area contributed by atoms with E-state index in [2.05, 4.69) is 34.0 Å². The van der Waals surface area contributed by atoms with Crippen molar-refractivity contribution in [2.75, 3.05) is 19.6 Å². The summed E-state index contributed by atoms with van der Waals surface area (Å²) >= 11 is 0. The fourth-order valence-electron chi connectivity index (χ4n) is 4.16. The summed E-state index contributed by atoms with van der Waals surface area (Å²) in [7, 11) is 0. The van der Waals surface area contributed by atoms with Crippen molar-refractivity contribution in [1.82, 2.24) is 29.6 Å². The molecule has 2 aliphatic heterocycles. The van der Waals surface area contributed by atoms with Crippen LogP contribution in [0.15, 0.2) is 12.1 Å². The summed E-state index contributed by atoms with van der Waals surface area (Å²) in [5, 5.41) is 13.2. The molecule has 134 valence electrons. The summed E-state index contributed by atoms with van der Waals surface area (Å²) in [5.41, 5.74) is 1.78. The first-order chi connectivity index (χ1) is 12.0. The lowest BCUT2D eigenvalue weighted by atomic mass is 9.94. The van der Waals surface area contributed by atoms with E-state index in [0.29, 0.717) is 17.9 Å². The molecule has 1 unspecified atom stereocenters. The van der Waals surface area contributed by atoms with E-state index in [9.17, 15) is 4.79 Å². The fourth-order valence-corrected chi connectivity index (χ4v) is 4.16. The number of likely N-dealkylation sites (tertiary alicyclic amines) is 2. The molecule has 4 heterocycles. The molecule has 4 rings (SSSR count). The van der Waals surface area contributed by atoms with Crippen LogP contribution in [0.4, 0.5) is 0 Å². The standard InChI is InChI=1S/C18H26N6O/c1-12(2)23-11-8-15(18(23)25)22-9-6-14(7-10-22)17-20-19-16-5-4-13(3)21-24(16)17/h4-5,12,14-15H,6-11H2,1-3H3. The Morgan fingerprint density at radius 2 is 1.84 bits per heavy atom. The number of amides is 1. The minimum atomic E-state index is 0.0684. The highest BCUT2D eigenvalue weighted by atomic mass is 16.2. The zero-order valence-electron chi connectivity index (χ0n) is 15.2. The smallest absolute Gasteiger partial charge is 0.240 e. The molecule has 0 radical (unpaired) electrons. The van der Waals surface area contributed by atoms with E-state index in [0.717, 1.165) is 56.1 Å². The predicted octanol–water partition coefficient (Wildman–Crippen LogP) is 1.62. The molecule has 1 amide bonds. The van der Waals surface area contributed by atoms with Crippen LogP contribution in [0.2, 0.25) is 0 Å². The van der Waals surface area contributed by atoms with Crippen LogP contribution >= 0.6 is 0 Å². The molecule has 25 heavy (non-hydrogen) atoms. The zero-order valence-corrected chi connectivity index (χ0v) is 15.2. The molecule has 0 aliphatic carbocycles. The van der Waals surface area contributed by atoms with Gasteiger partial charge < -0.3 is 4.90 Å². The summed E-state index contributed by atoms with van der Waals surface area (Å²) in [4.78, 5) is 17.0. The van der Waals surface area contributed by atoms with E-state index in [4.69, 9.17) is 0 Å². The van der Waals surface area contributed by atoms with Crippen LogP contribution in [0.5, 0.6) is 0 Å². The number of fused-ring (bicyclic) bond motifs is 1. The number of nitrogens with zero attached hydrogens (tertiary/aromatic N) is 6. The molecule has 0 saturated carbocycles. The molecule has 7 heteroatoms. The highest BCUT2D eigenvalue weighted by Crippen LogP contribution is 2.30. The third kappa shape index (κ3) is 2.90. The van der Waals surface area contributed by atoms with Crippen molar-refractivity contribution in [3.8, 4) is 0 Å². The molecule has 0 aromatic carbocycles. The second-order valence-electron chi connectivity index (χ2n) is 7.54. The fraction of sp³-hybridized carbons (Fsp3) is 0.667. The summed E-state index contributed by atoms with van der Waals surface area (Å²) < 4.78 is 1.89. The molecule has 2 aromatic heterocycles. The molecule has 2 aliphatic rings. The average molecular weight is 342 g/mol. The van der Waals surface area contributed by atoms with Crippen molar-refractivity contribution in [2.45, 2.75) is 58.0 Å². The van der Waals surface area contributed by atoms with Gasteiger partial charge in [-0.25, -0.2) is 0 Å². The van der Waals surface area contributed by atoms with E-state index in [1.165, 1.54) is 0 Å². The zero-order chi connectivity index (χ0) is 17.6. The molecule has 0 N–H and O–H groups in total. The van der Waals surface area contributed by atoms with Gasteiger partial charge in [0.05, 0.1) is 11.7 Å². The van der Waals surface area contributed by atoms with Gasteiger partial charge in [0.2, 0.25) is 5.91 Å². The minimum Gasteiger partial charge on any atom is -0.339 e. The van der Waals surface area contributed by atoms with Crippen molar-refractivity contribution in [3.63, 3.8) is 0 Å². The number of aryl methyl sites for hydroxylation is 1. The van der Waals surface area contributed by atoms with E-state index in [1.807, 2.05) is 28.5 Å². The van der Waals surface area contributed by atoms with Crippen molar-refractivity contribution < 1.29 is 4.79 Å². The highest BCUT2D eigenvalue weighted by molar-refractivity contribution is 5.84. The molecule has 1 atom stereocenters. The Morgan fingerprint density at radius 1 is 1.08 bits per heavy atom. The first-order valence-corrected chi connectivity index (χ1v) is 9.28. The Hall–Kier alpha value is -2.02. The van der Waals surface area contributed by atoms with Gasteiger partial charge in [0, 0.05) is 18.5 Å². The quantitative estimate of drug-likeness (QED) is 0.848. The second kappa shape index (κ2) is 6.37. The lowest BCUT2D eigenvalue weighted by Crippen LogP contribution is -2.46. The van der Waals surface area contributed by atoms with Gasteiger partial charge in [-0.3, -0.25) is 9.69 Å². The topological polar surface area (TPSA) is 66.6 Å². The molecule has 7 nitrogen and oxygen atoms in total. The Bertz CT molecular complexity index is 777. The first-order valence-electron chi connectivity index (χ1n) is 9.28. The Kier molecular flexibility index (Phi) is 4.19. The van der Waals surface area contributed by atoms with Gasteiger partial charge in [-0.1, -0.05) is 0 Å². The van der Waals surface area contributed by atoms with Gasteiger partial charge >= 0.3 is 0 Å². The maximum absolute atomic E-state index is 12.6. The van der Waals surface area contributed by atoms with Crippen LogP contribution < -0.4 is 0 Å². The third-order valence-electron chi connectivity index (χ3n) is 5.59. The largest absolute Gasteiger partial charge is 0.339 e. The first kappa shape index (κ1) is 16.4. The molecular weight excluding hydrogens is 316 g/mol. The summed E-state index contributed by atoms with van der Waals surface area (Å²) in [6.07, 6.45) is 2.96. The lowest BCUT2D eigenvalue weighted by molar-refractivity contribution is -0.133. The maximum Gasteiger partial charge on any atom is 0.240 e. The van der Waals surface area contributed by atoms with E-state index in [-0.39, 0.29) is 6.04 Å². The predicted molar refractivity (Wildman–Crippen MR) is 94.3 cm³/mol. The number of carbonyl (C=O) groups excluding carboxylic acids is 1. The van der Waals surface area contributed by atoms with Gasteiger partial charge in [-0.15, -0.1) is 10.2 Å². The number of carbonyl (C=O) groups is 1. The van der Waals surface area contributed by atoms with Gasteiger partial charge in [0.1, 0.15) is 0 Å². The molecule has 2 aromatic rings. The van der Waals surface area contributed by atoms with Crippen molar-refractivity contribution in [3.05, 3.63) is 23.7 Å². The van der Waals surface area contributed by atoms with E-state index in [1.54, 1.807) is 0 Å². The summed E-state index contributed by atoms with van der Waals surface area (Å²) in [5.74, 6) is 1.62. The van der Waals surface area contributed by atoms with Gasteiger partial charge in [-0.2, -0.15) is 9.61 Å². The maximum atomic E-state index is 12.6. The SMILES string of the molecule is Cc1ccc2nnc(C3CCN(C4CCN(C(C)C)C4=O)CC3)n2n1. The number of rotatable bonds is 3. The lowest BCUT2D eigenvalue weighted by Gasteiger charge is -2.34. The van der Waals surface area contributed by atoms with Crippen LogP contribution in [0.3, 0.4) is 0 Å². The van der Waals surface area contributed by atoms with Crippen LogP contribution in [-0.2, 0) is 4.79 Å². The Balaban J connectivity index is 1.45. The van der Waals surface area contributed by atoms with Crippen molar-refractivity contribution in [1.29, 1.82) is 0 Å². The number of hydrogen-bond acceptors (Lipinski definition) is 5. The average Bonchev–Trinajstić information content (AvgIpc) is 3.18. The van der Waals surface area contributed by atoms with Crippen molar-refractivity contribution in [2.24, 2.45) is 0 Å². The Morgan fingerprint density at radius 3 is 2.52 bits per heavy atom. The van der Waals surface area contributed by atoms with Crippen molar-refractivity contribution >= 4 is 11.6 Å².